The summed E-state index contributed by atoms with van der Waals surface area (Å²) in [6.45, 7) is 2.83. The summed E-state index contributed by atoms with van der Waals surface area (Å²) >= 11 is 5.26. The molecule has 1 amide bonds. The Kier molecular flexibility index (Phi) is 7.80. The number of thiocarbonyl (C=S) groups is 1. The summed E-state index contributed by atoms with van der Waals surface area (Å²) in [6.07, 6.45) is 0. The number of hydrogen-bond acceptors (Lipinski definition) is 4. The van der Waals surface area contributed by atoms with Crippen LogP contribution in [-0.2, 0) is 0 Å². The number of ether oxygens (including phenoxy) is 2. The van der Waals surface area contributed by atoms with E-state index < -0.39 is 0 Å². The molecule has 0 unspecified atom stereocenters. The summed E-state index contributed by atoms with van der Waals surface area (Å²) in [5, 5.41) is 6.11. The lowest BCUT2D eigenvalue weighted by molar-refractivity contribution is 0.0976. The number of carbonyl (C=O) groups is 1. The van der Waals surface area contributed by atoms with E-state index in [1.807, 2.05) is 67.6 Å². The van der Waals surface area contributed by atoms with Gasteiger partial charge in [-0.05, 0) is 61.1 Å². The molecule has 5 nitrogen and oxygen atoms in total. The summed E-state index contributed by atoms with van der Waals surface area (Å²) in [4.78, 5) is 12.4. The Balaban J connectivity index is 1.42. The van der Waals surface area contributed by atoms with Gasteiger partial charge in [-0.2, -0.15) is 0 Å². The predicted molar refractivity (Wildman–Crippen MR) is 122 cm³/mol. The van der Waals surface area contributed by atoms with E-state index in [9.17, 15) is 4.79 Å². The summed E-state index contributed by atoms with van der Waals surface area (Å²) in [5.41, 5.74) is 1.59. The molecule has 0 spiro atoms. The van der Waals surface area contributed by atoms with Crippen molar-refractivity contribution in [2.24, 2.45) is 0 Å². The number of para-hydroxylation sites is 1. The smallest absolute Gasteiger partial charge is 0.257 e. The van der Waals surface area contributed by atoms with Gasteiger partial charge < -0.3 is 14.8 Å². The Morgan fingerprint density at radius 1 is 0.833 bits per heavy atom. The largest absolute Gasteiger partial charge is 0.490 e. The van der Waals surface area contributed by atoms with E-state index >= 15 is 0 Å². The van der Waals surface area contributed by atoms with Crippen molar-refractivity contribution in [1.82, 2.24) is 10.6 Å². The van der Waals surface area contributed by atoms with Crippen LogP contribution in [0.15, 0.2) is 84.9 Å². The average molecular weight is 421 g/mol. The van der Waals surface area contributed by atoms with Gasteiger partial charge >= 0.3 is 0 Å². The molecule has 0 aliphatic carbocycles. The van der Waals surface area contributed by atoms with Crippen LogP contribution < -0.4 is 20.1 Å². The Morgan fingerprint density at radius 3 is 1.97 bits per heavy atom. The molecule has 0 aliphatic heterocycles. The highest BCUT2D eigenvalue weighted by atomic mass is 32.1. The third-order valence-electron chi connectivity index (χ3n) is 4.35. The van der Waals surface area contributed by atoms with Crippen LogP contribution in [0.5, 0.6) is 11.5 Å². The Hall–Kier alpha value is -3.38. The lowest BCUT2D eigenvalue weighted by Crippen LogP contribution is -2.40. The van der Waals surface area contributed by atoms with Crippen molar-refractivity contribution >= 4 is 23.2 Å². The van der Waals surface area contributed by atoms with Crippen molar-refractivity contribution in [3.05, 3.63) is 96.1 Å². The normalized spacial score (nSPS) is 11.2. The second-order valence-electron chi connectivity index (χ2n) is 6.59. The summed E-state index contributed by atoms with van der Waals surface area (Å²) < 4.78 is 11.2. The molecule has 1 atom stereocenters. The van der Waals surface area contributed by atoms with Gasteiger partial charge in [0, 0.05) is 5.56 Å². The number of carbonyl (C=O) groups excluding carboxylic acids is 1. The van der Waals surface area contributed by atoms with Gasteiger partial charge in [-0.3, -0.25) is 10.1 Å². The van der Waals surface area contributed by atoms with Crippen LogP contribution in [0.2, 0.25) is 0 Å². The highest BCUT2D eigenvalue weighted by Crippen LogP contribution is 2.14. The number of rotatable bonds is 8. The topological polar surface area (TPSA) is 59.6 Å². The zero-order chi connectivity index (χ0) is 21.2. The monoisotopic (exact) mass is 420 g/mol. The molecule has 0 bridgehead atoms. The van der Waals surface area contributed by atoms with Crippen molar-refractivity contribution < 1.29 is 14.3 Å². The van der Waals surface area contributed by atoms with E-state index in [2.05, 4.69) is 10.6 Å². The number of benzene rings is 3. The van der Waals surface area contributed by atoms with Gasteiger partial charge in [0.15, 0.2) is 5.11 Å². The maximum absolute atomic E-state index is 12.4. The molecule has 2 N–H and O–H groups in total. The zero-order valence-corrected chi connectivity index (χ0v) is 17.5. The lowest BCUT2D eigenvalue weighted by Gasteiger charge is -2.16. The van der Waals surface area contributed by atoms with Gasteiger partial charge in [-0.1, -0.05) is 48.5 Å². The molecule has 0 aliphatic rings. The first kappa shape index (κ1) is 21.3. The SMILES string of the molecule is C[C@H](NC(=S)NC(=O)c1ccc(OCCOc2ccccc2)cc1)c1ccccc1. The van der Waals surface area contributed by atoms with E-state index in [1.165, 1.54) is 0 Å². The highest BCUT2D eigenvalue weighted by molar-refractivity contribution is 7.80. The minimum absolute atomic E-state index is 0.00659. The second-order valence-corrected chi connectivity index (χ2v) is 7.00. The molecule has 3 rings (SSSR count). The van der Waals surface area contributed by atoms with E-state index in [0.717, 1.165) is 11.3 Å². The molecule has 0 heterocycles. The molecular formula is C24H24N2O3S. The molecule has 0 radical (unpaired) electrons. The minimum atomic E-state index is -0.272. The van der Waals surface area contributed by atoms with Crippen LogP contribution in [0.3, 0.4) is 0 Å². The van der Waals surface area contributed by atoms with Crippen LogP contribution in [0.1, 0.15) is 28.9 Å². The molecular weight excluding hydrogens is 396 g/mol. The Morgan fingerprint density at radius 2 is 1.37 bits per heavy atom. The van der Waals surface area contributed by atoms with Gasteiger partial charge in [0.2, 0.25) is 0 Å². The van der Waals surface area contributed by atoms with E-state index in [1.54, 1.807) is 24.3 Å². The van der Waals surface area contributed by atoms with Gasteiger partial charge in [-0.25, -0.2) is 0 Å². The van der Waals surface area contributed by atoms with Crippen molar-refractivity contribution in [3.8, 4) is 11.5 Å². The van der Waals surface area contributed by atoms with Crippen molar-refractivity contribution in [2.75, 3.05) is 13.2 Å². The van der Waals surface area contributed by atoms with Gasteiger partial charge in [0.25, 0.3) is 5.91 Å². The molecule has 0 saturated carbocycles. The van der Waals surface area contributed by atoms with Gasteiger partial charge in [0.05, 0.1) is 6.04 Å². The Bertz CT molecular complexity index is 947. The fourth-order valence-corrected chi connectivity index (χ4v) is 3.04. The van der Waals surface area contributed by atoms with E-state index in [4.69, 9.17) is 21.7 Å². The molecule has 3 aromatic rings. The third kappa shape index (κ3) is 6.60. The van der Waals surface area contributed by atoms with Crippen LogP contribution >= 0.6 is 12.2 Å². The first-order chi connectivity index (χ1) is 14.6. The minimum Gasteiger partial charge on any atom is -0.490 e. The molecule has 6 heteroatoms. The summed E-state index contributed by atoms with van der Waals surface area (Å²) in [5.74, 6) is 1.20. The Labute approximate surface area is 182 Å². The summed E-state index contributed by atoms with van der Waals surface area (Å²) in [7, 11) is 0. The van der Waals surface area contributed by atoms with E-state index in [0.29, 0.717) is 24.5 Å². The quantitative estimate of drug-likeness (QED) is 0.415. The van der Waals surface area contributed by atoms with Crippen molar-refractivity contribution in [1.29, 1.82) is 0 Å². The summed E-state index contributed by atoms with van der Waals surface area (Å²) in [6, 6.07) is 26.4. The average Bonchev–Trinajstić information content (AvgIpc) is 2.78. The van der Waals surface area contributed by atoms with E-state index in [-0.39, 0.29) is 17.1 Å². The molecule has 0 fully saturated rings. The maximum atomic E-state index is 12.4. The fraction of sp³-hybridized carbons (Fsp3) is 0.167. The first-order valence-electron chi connectivity index (χ1n) is 9.69. The van der Waals surface area contributed by atoms with Crippen LogP contribution in [0.25, 0.3) is 0 Å². The molecule has 0 saturated heterocycles. The molecule has 3 aromatic carbocycles. The van der Waals surface area contributed by atoms with Crippen molar-refractivity contribution in [3.63, 3.8) is 0 Å². The van der Waals surface area contributed by atoms with Gasteiger partial charge in [0.1, 0.15) is 24.7 Å². The molecule has 154 valence electrons. The second kappa shape index (κ2) is 11.0. The zero-order valence-electron chi connectivity index (χ0n) is 16.7. The standard InChI is InChI=1S/C24H24N2O3S/c1-18(19-8-4-2-5-9-19)25-24(30)26-23(27)20-12-14-22(15-13-20)29-17-16-28-21-10-6-3-7-11-21/h2-15,18H,16-17H2,1H3,(H2,25,26,27,30)/t18-/m0/s1. The van der Waals surface area contributed by atoms with Gasteiger partial charge in [-0.15, -0.1) is 0 Å². The number of amides is 1. The van der Waals surface area contributed by atoms with Crippen LogP contribution in [0, 0.1) is 0 Å². The highest BCUT2D eigenvalue weighted by Gasteiger charge is 2.11. The maximum Gasteiger partial charge on any atom is 0.257 e. The first-order valence-corrected chi connectivity index (χ1v) is 10.1. The third-order valence-corrected chi connectivity index (χ3v) is 4.57. The van der Waals surface area contributed by atoms with Crippen LogP contribution in [0.4, 0.5) is 0 Å². The fourth-order valence-electron chi connectivity index (χ4n) is 2.77. The van der Waals surface area contributed by atoms with Crippen molar-refractivity contribution in [2.45, 2.75) is 13.0 Å². The lowest BCUT2D eigenvalue weighted by atomic mass is 10.1. The number of nitrogens with one attached hydrogen (secondary N) is 2. The number of hydrogen-bond donors (Lipinski definition) is 2. The predicted octanol–water partition coefficient (Wildman–Crippen LogP) is 4.51. The molecule has 0 aromatic heterocycles. The van der Waals surface area contributed by atoms with Crippen LogP contribution in [-0.4, -0.2) is 24.2 Å². The molecule has 30 heavy (non-hydrogen) atoms.